The van der Waals surface area contributed by atoms with Gasteiger partial charge in [0.25, 0.3) is 0 Å². The molecule has 0 saturated carbocycles. The molecule has 3 rings (SSSR count). The Morgan fingerprint density at radius 3 is 2.75 bits per heavy atom. The SMILES string of the molecule is N#CB1CC2(CCNCC2)c2ccccc21. The Labute approximate surface area is 96.7 Å². The van der Waals surface area contributed by atoms with Crippen LogP contribution in [0.5, 0.6) is 0 Å². The second-order valence-corrected chi connectivity index (χ2v) is 5.00. The zero-order valence-corrected chi connectivity index (χ0v) is 9.37. The summed E-state index contributed by atoms with van der Waals surface area (Å²) in [5, 5.41) is 12.7. The molecule has 1 N–H and O–H groups in total. The van der Waals surface area contributed by atoms with E-state index in [4.69, 9.17) is 0 Å². The number of nitrogens with zero attached hydrogens (tertiary/aromatic N) is 1. The molecule has 0 unspecified atom stereocenters. The smallest absolute Gasteiger partial charge is 0.301 e. The number of hydrogen-bond acceptors (Lipinski definition) is 2. The van der Waals surface area contributed by atoms with Crippen LogP contribution in [0.2, 0.25) is 6.32 Å². The maximum Gasteiger partial charge on any atom is 0.301 e. The van der Waals surface area contributed by atoms with E-state index in [2.05, 4.69) is 35.6 Å². The summed E-state index contributed by atoms with van der Waals surface area (Å²) in [6, 6.07) is 8.55. The minimum atomic E-state index is 0.120. The van der Waals surface area contributed by atoms with E-state index in [9.17, 15) is 5.26 Å². The van der Waals surface area contributed by atoms with Crippen LogP contribution in [0.1, 0.15) is 18.4 Å². The largest absolute Gasteiger partial charge is 0.317 e. The summed E-state index contributed by atoms with van der Waals surface area (Å²) >= 11 is 0. The van der Waals surface area contributed by atoms with Crippen LogP contribution in [0.15, 0.2) is 24.3 Å². The van der Waals surface area contributed by atoms with Crippen LogP contribution < -0.4 is 10.8 Å². The highest BCUT2D eigenvalue weighted by Crippen LogP contribution is 2.41. The molecule has 0 atom stereocenters. The lowest BCUT2D eigenvalue weighted by atomic mass is 9.45. The first-order chi connectivity index (χ1) is 7.86. The molecule has 80 valence electrons. The van der Waals surface area contributed by atoms with E-state index in [0.717, 1.165) is 19.4 Å². The summed E-state index contributed by atoms with van der Waals surface area (Å²) in [4.78, 5) is 0. The fraction of sp³-hybridized carbons (Fsp3) is 0.462. The van der Waals surface area contributed by atoms with Gasteiger partial charge in [0.2, 0.25) is 0 Å². The molecule has 1 spiro atoms. The van der Waals surface area contributed by atoms with Crippen LogP contribution in [0.3, 0.4) is 0 Å². The van der Waals surface area contributed by atoms with E-state index in [1.165, 1.54) is 23.9 Å². The predicted octanol–water partition coefficient (Wildman–Crippen LogP) is 1.09. The number of piperidine rings is 1. The second-order valence-electron chi connectivity index (χ2n) is 5.00. The Hall–Kier alpha value is -1.27. The van der Waals surface area contributed by atoms with Crippen molar-refractivity contribution in [2.45, 2.75) is 24.6 Å². The number of benzene rings is 1. The Balaban J connectivity index is 2.08. The molecule has 3 heteroatoms. The Bertz CT molecular complexity index is 443. The molecule has 2 heterocycles. The van der Waals surface area contributed by atoms with Gasteiger partial charge in [0.05, 0.1) is 0 Å². The summed E-state index contributed by atoms with van der Waals surface area (Å²) in [6.07, 6.45) is 3.40. The summed E-state index contributed by atoms with van der Waals surface area (Å²) in [5.41, 5.74) is 3.03. The van der Waals surface area contributed by atoms with Crippen molar-refractivity contribution in [3.05, 3.63) is 29.8 Å². The number of nitrogens with one attached hydrogen (secondary N) is 1. The quantitative estimate of drug-likeness (QED) is 0.650. The van der Waals surface area contributed by atoms with Crippen molar-refractivity contribution in [3.8, 4) is 5.97 Å². The van der Waals surface area contributed by atoms with Crippen molar-refractivity contribution in [3.63, 3.8) is 0 Å². The molecule has 0 aliphatic carbocycles. The van der Waals surface area contributed by atoms with Gasteiger partial charge < -0.3 is 5.32 Å². The van der Waals surface area contributed by atoms with Gasteiger partial charge in [0.1, 0.15) is 0 Å². The molecular formula is C13H15BN2. The molecule has 0 amide bonds. The number of hydrogen-bond donors (Lipinski definition) is 1. The fourth-order valence-corrected chi connectivity index (χ4v) is 3.39. The summed E-state index contributed by atoms with van der Waals surface area (Å²) in [7, 11) is 0. The molecule has 0 aromatic heterocycles. The molecular weight excluding hydrogens is 195 g/mol. The molecule has 1 aromatic carbocycles. The summed E-state index contributed by atoms with van der Waals surface area (Å²) < 4.78 is 0. The van der Waals surface area contributed by atoms with Gasteiger partial charge in [-0.05, 0) is 43.2 Å². The average molecular weight is 210 g/mol. The van der Waals surface area contributed by atoms with Crippen molar-refractivity contribution >= 4 is 12.2 Å². The lowest BCUT2D eigenvalue weighted by molar-refractivity contribution is 0.340. The molecule has 1 aromatic rings. The maximum atomic E-state index is 9.26. The Kier molecular flexibility index (Phi) is 2.26. The molecule has 1 fully saturated rings. The molecule has 2 aliphatic heterocycles. The standard InChI is InChI=1S/C13H15BN2/c15-10-14-9-13(5-7-16-8-6-13)11-3-1-2-4-12(11)14/h1-4,16H,5-9H2. The minimum absolute atomic E-state index is 0.120. The molecule has 16 heavy (non-hydrogen) atoms. The summed E-state index contributed by atoms with van der Waals surface area (Å²) in [5.74, 6) is 2.47. The van der Waals surface area contributed by atoms with Gasteiger partial charge in [-0.2, -0.15) is 0 Å². The first kappa shape index (κ1) is 9.93. The van der Waals surface area contributed by atoms with Gasteiger partial charge in [-0.15, -0.1) is 0 Å². The highest BCUT2D eigenvalue weighted by atomic mass is 14.9. The second kappa shape index (κ2) is 3.64. The Morgan fingerprint density at radius 1 is 1.25 bits per heavy atom. The van der Waals surface area contributed by atoms with Crippen LogP contribution >= 0.6 is 0 Å². The van der Waals surface area contributed by atoms with Crippen molar-refractivity contribution in [2.24, 2.45) is 0 Å². The van der Waals surface area contributed by atoms with Crippen LogP contribution in [0.4, 0.5) is 0 Å². The monoisotopic (exact) mass is 210 g/mol. The maximum absolute atomic E-state index is 9.26. The van der Waals surface area contributed by atoms with Crippen LogP contribution in [-0.4, -0.2) is 19.8 Å². The van der Waals surface area contributed by atoms with Gasteiger partial charge in [0.15, 0.2) is 0 Å². The molecule has 2 aliphatic rings. The van der Waals surface area contributed by atoms with Crippen LogP contribution in [-0.2, 0) is 5.41 Å². The Morgan fingerprint density at radius 2 is 2.00 bits per heavy atom. The van der Waals surface area contributed by atoms with E-state index in [1.807, 2.05) is 0 Å². The van der Waals surface area contributed by atoms with Crippen molar-refractivity contribution in [1.82, 2.24) is 5.32 Å². The van der Waals surface area contributed by atoms with Crippen molar-refractivity contribution < 1.29 is 0 Å². The van der Waals surface area contributed by atoms with Gasteiger partial charge in [-0.1, -0.05) is 29.7 Å². The first-order valence-corrected chi connectivity index (χ1v) is 6.05. The lowest BCUT2D eigenvalue weighted by Crippen LogP contribution is -2.38. The highest BCUT2D eigenvalue weighted by molar-refractivity contribution is 6.81. The zero-order chi connectivity index (χ0) is 11.0. The highest BCUT2D eigenvalue weighted by Gasteiger charge is 2.45. The summed E-state index contributed by atoms with van der Waals surface area (Å²) in [6.45, 7) is 2.30. The third-order valence-corrected chi connectivity index (χ3v) is 4.22. The minimum Gasteiger partial charge on any atom is -0.317 e. The molecule has 2 nitrogen and oxygen atoms in total. The van der Waals surface area contributed by atoms with Crippen molar-refractivity contribution in [1.29, 1.82) is 5.26 Å². The number of rotatable bonds is 0. The number of nitriles is 1. The predicted molar refractivity (Wildman–Crippen MR) is 66.0 cm³/mol. The molecule has 1 saturated heterocycles. The molecule has 0 bridgehead atoms. The zero-order valence-electron chi connectivity index (χ0n) is 9.37. The van der Waals surface area contributed by atoms with E-state index in [0.29, 0.717) is 5.41 Å². The van der Waals surface area contributed by atoms with Crippen molar-refractivity contribution in [2.75, 3.05) is 13.1 Å². The fourth-order valence-electron chi connectivity index (χ4n) is 3.39. The third kappa shape index (κ3) is 1.30. The van der Waals surface area contributed by atoms with E-state index in [-0.39, 0.29) is 6.71 Å². The van der Waals surface area contributed by atoms with E-state index < -0.39 is 0 Å². The van der Waals surface area contributed by atoms with Gasteiger partial charge in [0, 0.05) is 5.97 Å². The first-order valence-electron chi connectivity index (χ1n) is 6.05. The molecule has 0 radical (unpaired) electrons. The van der Waals surface area contributed by atoms with Crippen LogP contribution in [0, 0.1) is 11.2 Å². The van der Waals surface area contributed by atoms with Crippen LogP contribution in [0.25, 0.3) is 0 Å². The normalized spacial score (nSPS) is 21.8. The van der Waals surface area contributed by atoms with E-state index in [1.54, 1.807) is 0 Å². The topological polar surface area (TPSA) is 35.8 Å². The van der Waals surface area contributed by atoms with Gasteiger partial charge in [-0.25, -0.2) is 5.26 Å². The number of fused-ring (bicyclic) bond motifs is 2. The third-order valence-electron chi connectivity index (χ3n) is 4.22. The lowest BCUT2D eigenvalue weighted by Gasteiger charge is -2.35. The van der Waals surface area contributed by atoms with Gasteiger partial charge >= 0.3 is 6.71 Å². The van der Waals surface area contributed by atoms with E-state index >= 15 is 0 Å². The average Bonchev–Trinajstić information content (AvgIpc) is 2.66. The van der Waals surface area contributed by atoms with Gasteiger partial charge in [-0.3, -0.25) is 0 Å².